The Morgan fingerprint density at radius 3 is 2.38 bits per heavy atom. The van der Waals surface area contributed by atoms with Crippen LogP contribution >= 0.6 is 7.82 Å². The number of para-hydroxylation sites is 1. The summed E-state index contributed by atoms with van der Waals surface area (Å²) in [5, 5.41) is 0. The summed E-state index contributed by atoms with van der Waals surface area (Å²) in [6, 6.07) is 14.8. The Hall–Kier alpha value is -2.14. The lowest BCUT2D eigenvalue weighted by molar-refractivity contribution is 0.0998. The van der Waals surface area contributed by atoms with Crippen molar-refractivity contribution < 1.29 is 23.3 Å². The smallest absolute Gasteiger partial charge is 0.403 e. The normalized spacial score (nSPS) is 13.4. The lowest BCUT2D eigenvalue weighted by Gasteiger charge is -2.14. The summed E-state index contributed by atoms with van der Waals surface area (Å²) in [7, 11) is -4.35. The molecule has 0 radical (unpaired) electrons. The van der Waals surface area contributed by atoms with Gasteiger partial charge in [0.1, 0.15) is 5.75 Å². The topological polar surface area (TPSA) is 98.9 Å². The van der Waals surface area contributed by atoms with E-state index in [0.717, 1.165) is 5.56 Å². The number of hydrogen-bond donors (Lipinski definition) is 2. The molecule has 0 aliphatic heterocycles. The Morgan fingerprint density at radius 1 is 1.10 bits per heavy atom. The summed E-state index contributed by atoms with van der Waals surface area (Å²) in [4.78, 5) is 20.9. The van der Waals surface area contributed by atoms with Crippen LogP contribution in [0.25, 0.3) is 0 Å². The van der Waals surface area contributed by atoms with Crippen molar-refractivity contribution in [3.63, 3.8) is 0 Å². The standard InChI is InChI=1S/C14H14NO5P/c15-14(16)12-8-4-5-9-13(12)20-21(17,18)19-10-11-6-2-1-3-7-11/h1-9H,10H2,(H2,15,16)(H,17,18). The Labute approximate surface area is 121 Å². The number of phosphoric acid groups is 1. The first-order chi connectivity index (χ1) is 9.98. The number of amides is 1. The van der Waals surface area contributed by atoms with Crippen molar-refractivity contribution in [2.75, 3.05) is 0 Å². The fourth-order valence-corrected chi connectivity index (χ4v) is 2.40. The zero-order valence-electron chi connectivity index (χ0n) is 11.0. The maximum Gasteiger partial charge on any atom is 0.527 e. The van der Waals surface area contributed by atoms with E-state index in [-0.39, 0.29) is 17.9 Å². The highest BCUT2D eigenvalue weighted by Crippen LogP contribution is 2.45. The van der Waals surface area contributed by atoms with Crippen LogP contribution in [0.2, 0.25) is 0 Å². The third-order valence-electron chi connectivity index (χ3n) is 2.60. The molecule has 21 heavy (non-hydrogen) atoms. The van der Waals surface area contributed by atoms with E-state index in [0.29, 0.717) is 0 Å². The van der Waals surface area contributed by atoms with Crippen LogP contribution in [0.4, 0.5) is 0 Å². The van der Waals surface area contributed by atoms with Gasteiger partial charge in [-0.15, -0.1) is 0 Å². The highest BCUT2D eigenvalue weighted by atomic mass is 31.2. The van der Waals surface area contributed by atoms with E-state index in [9.17, 15) is 14.3 Å². The summed E-state index contributed by atoms with van der Waals surface area (Å²) in [6.45, 7) is -0.0899. The molecule has 0 heterocycles. The Bertz CT molecular complexity index is 674. The molecule has 1 unspecified atom stereocenters. The van der Waals surface area contributed by atoms with Gasteiger partial charge in [-0.25, -0.2) is 4.57 Å². The molecule has 0 saturated heterocycles. The van der Waals surface area contributed by atoms with Crippen molar-refractivity contribution in [3.8, 4) is 5.75 Å². The van der Waals surface area contributed by atoms with Gasteiger partial charge in [-0.3, -0.25) is 14.2 Å². The van der Waals surface area contributed by atoms with E-state index in [1.165, 1.54) is 12.1 Å². The van der Waals surface area contributed by atoms with E-state index in [1.807, 2.05) is 6.07 Å². The van der Waals surface area contributed by atoms with Crippen LogP contribution in [0.1, 0.15) is 15.9 Å². The summed E-state index contributed by atoms with van der Waals surface area (Å²) < 4.78 is 21.7. The van der Waals surface area contributed by atoms with E-state index >= 15 is 0 Å². The molecular weight excluding hydrogens is 293 g/mol. The minimum Gasteiger partial charge on any atom is -0.403 e. The van der Waals surface area contributed by atoms with Gasteiger partial charge in [0, 0.05) is 0 Å². The van der Waals surface area contributed by atoms with Gasteiger partial charge in [-0.1, -0.05) is 42.5 Å². The lowest BCUT2D eigenvalue weighted by Crippen LogP contribution is -2.12. The van der Waals surface area contributed by atoms with Crippen molar-refractivity contribution in [3.05, 3.63) is 65.7 Å². The fourth-order valence-electron chi connectivity index (χ4n) is 1.63. The maximum absolute atomic E-state index is 11.9. The maximum atomic E-state index is 11.9. The van der Waals surface area contributed by atoms with Gasteiger partial charge >= 0.3 is 7.82 Å². The average molecular weight is 307 g/mol. The minimum absolute atomic E-state index is 0.00934. The Kier molecular flexibility index (Phi) is 4.75. The zero-order valence-corrected chi connectivity index (χ0v) is 11.9. The highest BCUT2D eigenvalue weighted by molar-refractivity contribution is 7.47. The third-order valence-corrected chi connectivity index (χ3v) is 3.49. The van der Waals surface area contributed by atoms with Gasteiger partial charge in [0.25, 0.3) is 5.91 Å². The van der Waals surface area contributed by atoms with Crippen LogP contribution in [0.5, 0.6) is 5.75 Å². The number of benzene rings is 2. The summed E-state index contributed by atoms with van der Waals surface area (Å²) in [6.07, 6.45) is 0. The molecule has 2 rings (SSSR count). The molecule has 0 aliphatic rings. The second kappa shape index (κ2) is 6.54. The van der Waals surface area contributed by atoms with E-state index in [4.69, 9.17) is 14.8 Å². The summed E-state index contributed by atoms with van der Waals surface area (Å²) >= 11 is 0. The monoisotopic (exact) mass is 307 g/mol. The lowest BCUT2D eigenvalue weighted by atomic mass is 10.2. The number of rotatable bonds is 6. The molecule has 1 atom stereocenters. The Morgan fingerprint density at radius 2 is 1.71 bits per heavy atom. The van der Waals surface area contributed by atoms with Crippen LogP contribution in [-0.2, 0) is 15.7 Å². The number of carbonyl (C=O) groups excluding carboxylic acids is 1. The van der Waals surface area contributed by atoms with Gasteiger partial charge < -0.3 is 10.3 Å². The van der Waals surface area contributed by atoms with Gasteiger partial charge in [-0.2, -0.15) is 0 Å². The predicted molar refractivity (Wildman–Crippen MR) is 76.6 cm³/mol. The largest absolute Gasteiger partial charge is 0.527 e. The third kappa shape index (κ3) is 4.43. The number of phosphoric ester groups is 1. The molecule has 0 spiro atoms. The van der Waals surface area contributed by atoms with E-state index < -0.39 is 13.7 Å². The molecule has 7 heteroatoms. The zero-order chi connectivity index (χ0) is 15.3. The van der Waals surface area contributed by atoms with E-state index in [1.54, 1.807) is 36.4 Å². The van der Waals surface area contributed by atoms with Crippen molar-refractivity contribution >= 4 is 13.7 Å². The molecule has 0 saturated carbocycles. The molecule has 0 bridgehead atoms. The second-order valence-corrected chi connectivity index (χ2v) is 5.56. The molecule has 0 aliphatic carbocycles. The first-order valence-corrected chi connectivity index (χ1v) is 7.57. The van der Waals surface area contributed by atoms with Crippen molar-refractivity contribution in [1.29, 1.82) is 0 Å². The molecule has 3 N–H and O–H groups in total. The van der Waals surface area contributed by atoms with Crippen LogP contribution in [-0.4, -0.2) is 10.8 Å². The number of hydrogen-bond acceptors (Lipinski definition) is 4. The number of primary amides is 1. The molecule has 0 fully saturated rings. The van der Waals surface area contributed by atoms with Gasteiger partial charge in [0.05, 0.1) is 12.2 Å². The Balaban J connectivity index is 2.07. The quantitative estimate of drug-likeness (QED) is 0.799. The van der Waals surface area contributed by atoms with Crippen LogP contribution in [0, 0.1) is 0 Å². The minimum atomic E-state index is -4.35. The fraction of sp³-hybridized carbons (Fsp3) is 0.0714. The van der Waals surface area contributed by atoms with Gasteiger partial charge in [0.2, 0.25) is 0 Å². The average Bonchev–Trinajstić information content (AvgIpc) is 2.46. The van der Waals surface area contributed by atoms with Gasteiger partial charge in [-0.05, 0) is 17.7 Å². The second-order valence-electron chi connectivity index (χ2n) is 4.18. The summed E-state index contributed by atoms with van der Waals surface area (Å²) in [5.74, 6) is -0.849. The molecule has 1 amide bonds. The van der Waals surface area contributed by atoms with Crippen molar-refractivity contribution in [2.24, 2.45) is 5.73 Å². The first-order valence-electron chi connectivity index (χ1n) is 6.07. The van der Waals surface area contributed by atoms with Crippen molar-refractivity contribution in [1.82, 2.24) is 0 Å². The van der Waals surface area contributed by atoms with E-state index in [2.05, 4.69) is 0 Å². The highest BCUT2D eigenvalue weighted by Gasteiger charge is 2.25. The molecule has 6 nitrogen and oxygen atoms in total. The first kappa shape index (κ1) is 15.3. The molecule has 0 aromatic heterocycles. The predicted octanol–water partition coefficient (Wildman–Crippen LogP) is 2.48. The molecular formula is C14H14NO5P. The number of carbonyl (C=O) groups is 1. The van der Waals surface area contributed by atoms with Crippen LogP contribution in [0.3, 0.4) is 0 Å². The van der Waals surface area contributed by atoms with Crippen LogP contribution < -0.4 is 10.3 Å². The summed E-state index contributed by atoms with van der Waals surface area (Å²) in [5.41, 5.74) is 5.90. The van der Waals surface area contributed by atoms with Crippen molar-refractivity contribution in [2.45, 2.75) is 6.61 Å². The SMILES string of the molecule is NC(=O)c1ccccc1OP(=O)(O)OCc1ccccc1. The van der Waals surface area contributed by atoms with Gasteiger partial charge in [0.15, 0.2) is 0 Å². The molecule has 110 valence electrons. The number of nitrogens with two attached hydrogens (primary N) is 1. The molecule has 2 aromatic rings. The molecule has 2 aromatic carbocycles. The van der Waals surface area contributed by atoms with Crippen LogP contribution in [0.15, 0.2) is 54.6 Å².